The molecule has 3 heteroatoms. The first kappa shape index (κ1) is 14.9. The van der Waals surface area contributed by atoms with E-state index in [1.807, 2.05) is 6.92 Å². The van der Waals surface area contributed by atoms with Crippen LogP contribution in [0.4, 0.5) is 0 Å². The number of hydrogen-bond acceptors (Lipinski definition) is 3. The summed E-state index contributed by atoms with van der Waals surface area (Å²) in [7, 11) is 0. The molecule has 110 valence electrons. The number of phenolic OH excluding ortho intramolecular Hbond substituents is 1. The van der Waals surface area contributed by atoms with Gasteiger partial charge in [0.25, 0.3) is 0 Å². The molecule has 1 aliphatic heterocycles. The van der Waals surface area contributed by atoms with E-state index in [2.05, 4.69) is 44.1 Å². The quantitative estimate of drug-likeness (QED) is 0.888. The van der Waals surface area contributed by atoms with E-state index < -0.39 is 0 Å². The highest BCUT2D eigenvalue weighted by Gasteiger charge is 2.22. The molecular weight excluding hydrogens is 248 g/mol. The van der Waals surface area contributed by atoms with Crippen LogP contribution in [0, 0.1) is 13.8 Å². The van der Waals surface area contributed by atoms with Crippen molar-refractivity contribution in [3.8, 4) is 5.75 Å². The van der Waals surface area contributed by atoms with Gasteiger partial charge in [0.15, 0.2) is 0 Å². The topological polar surface area (TPSA) is 44.6 Å². The van der Waals surface area contributed by atoms with Gasteiger partial charge in [0, 0.05) is 13.0 Å². The number of aromatic hydroxyl groups is 1. The van der Waals surface area contributed by atoms with Crippen molar-refractivity contribution in [2.45, 2.75) is 52.9 Å². The maximum absolute atomic E-state index is 10.5. The molecule has 0 saturated carbocycles. The first-order chi connectivity index (χ1) is 9.30. The minimum atomic E-state index is -0.0325. The average molecular weight is 274 g/mol. The number of benzene rings is 1. The van der Waals surface area contributed by atoms with Gasteiger partial charge in [-0.25, -0.2) is 0 Å². The highest BCUT2D eigenvalue weighted by molar-refractivity contribution is 5.83. The van der Waals surface area contributed by atoms with E-state index in [0.717, 1.165) is 42.9 Å². The fraction of sp³-hybridized carbons (Fsp3) is 0.588. The summed E-state index contributed by atoms with van der Waals surface area (Å²) in [6.07, 6.45) is 1.86. The van der Waals surface area contributed by atoms with Gasteiger partial charge in [-0.15, -0.1) is 0 Å². The van der Waals surface area contributed by atoms with Crippen molar-refractivity contribution in [2.75, 3.05) is 13.1 Å². The van der Waals surface area contributed by atoms with Gasteiger partial charge < -0.3 is 10.4 Å². The maximum atomic E-state index is 10.5. The molecule has 0 atom stereocenters. The predicted molar refractivity (Wildman–Crippen MR) is 84.9 cm³/mol. The third-order valence-electron chi connectivity index (χ3n) is 4.06. The molecule has 0 fully saturated rings. The van der Waals surface area contributed by atoms with E-state index >= 15 is 0 Å². The molecule has 0 amide bonds. The van der Waals surface area contributed by atoms with Crippen LogP contribution in [0.2, 0.25) is 0 Å². The van der Waals surface area contributed by atoms with E-state index in [0.29, 0.717) is 5.75 Å². The van der Waals surface area contributed by atoms with E-state index in [-0.39, 0.29) is 5.41 Å². The summed E-state index contributed by atoms with van der Waals surface area (Å²) in [5.41, 5.74) is 4.55. The van der Waals surface area contributed by atoms with Crippen molar-refractivity contribution in [1.29, 1.82) is 0 Å². The van der Waals surface area contributed by atoms with E-state index in [9.17, 15) is 5.11 Å². The van der Waals surface area contributed by atoms with Crippen LogP contribution in [0.1, 0.15) is 49.4 Å². The Hall–Kier alpha value is -1.51. The third-order valence-corrected chi connectivity index (χ3v) is 4.06. The standard InChI is InChI=1S/C17H26N2O/c1-11-10-14(17(3,4)5)16(20)12(2)13(11)6-7-15-18-8-9-19-15/h10,20H,6-9H2,1-5H3,(H,18,19). The van der Waals surface area contributed by atoms with Crippen molar-refractivity contribution < 1.29 is 5.11 Å². The number of rotatable bonds is 3. The summed E-state index contributed by atoms with van der Waals surface area (Å²) in [6.45, 7) is 12.4. The predicted octanol–water partition coefficient (Wildman–Crippen LogP) is 3.24. The Morgan fingerprint density at radius 3 is 2.50 bits per heavy atom. The summed E-state index contributed by atoms with van der Waals surface area (Å²) in [6, 6.07) is 2.14. The van der Waals surface area contributed by atoms with Gasteiger partial charge in [-0.1, -0.05) is 26.8 Å². The number of hydrogen-bond donors (Lipinski definition) is 2. The monoisotopic (exact) mass is 274 g/mol. The molecule has 2 rings (SSSR count). The van der Waals surface area contributed by atoms with Crippen molar-refractivity contribution in [3.05, 3.63) is 28.3 Å². The lowest BCUT2D eigenvalue weighted by molar-refractivity contribution is 0.441. The van der Waals surface area contributed by atoms with Crippen LogP contribution in [-0.4, -0.2) is 24.0 Å². The van der Waals surface area contributed by atoms with Crippen LogP contribution < -0.4 is 5.32 Å². The third kappa shape index (κ3) is 2.97. The van der Waals surface area contributed by atoms with Crippen molar-refractivity contribution in [2.24, 2.45) is 4.99 Å². The Bertz CT molecular complexity index is 539. The summed E-state index contributed by atoms with van der Waals surface area (Å²) in [4.78, 5) is 4.43. The molecule has 0 aromatic heterocycles. The Morgan fingerprint density at radius 1 is 1.25 bits per heavy atom. The molecule has 2 N–H and O–H groups in total. The normalized spacial score (nSPS) is 15.2. The zero-order valence-corrected chi connectivity index (χ0v) is 13.3. The Labute approximate surface area is 122 Å². The largest absolute Gasteiger partial charge is 0.507 e. The minimum absolute atomic E-state index is 0.0325. The number of nitrogens with one attached hydrogen (secondary N) is 1. The second kappa shape index (κ2) is 5.47. The molecule has 0 aliphatic carbocycles. The molecule has 0 bridgehead atoms. The minimum Gasteiger partial charge on any atom is -0.507 e. The second-order valence-electron chi connectivity index (χ2n) is 6.70. The molecule has 3 nitrogen and oxygen atoms in total. The summed E-state index contributed by atoms with van der Waals surface area (Å²) < 4.78 is 0. The van der Waals surface area contributed by atoms with Crippen molar-refractivity contribution >= 4 is 5.84 Å². The first-order valence-electron chi connectivity index (χ1n) is 7.40. The SMILES string of the molecule is Cc1cc(C(C)(C)C)c(O)c(C)c1CCC1=NCCN1. The summed E-state index contributed by atoms with van der Waals surface area (Å²) in [5.74, 6) is 1.56. The molecule has 0 radical (unpaired) electrons. The van der Waals surface area contributed by atoms with Gasteiger partial charge in [0.2, 0.25) is 0 Å². The molecule has 0 spiro atoms. The Morgan fingerprint density at radius 2 is 1.95 bits per heavy atom. The first-order valence-corrected chi connectivity index (χ1v) is 7.40. The zero-order chi connectivity index (χ0) is 14.9. The molecule has 0 saturated heterocycles. The number of aryl methyl sites for hydroxylation is 1. The lowest BCUT2D eigenvalue weighted by Gasteiger charge is -2.24. The van der Waals surface area contributed by atoms with Crippen molar-refractivity contribution in [3.63, 3.8) is 0 Å². The van der Waals surface area contributed by atoms with Crippen LogP contribution in [0.15, 0.2) is 11.1 Å². The van der Waals surface area contributed by atoms with Crippen LogP contribution in [0.25, 0.3) is 0 Å². The molecule has 0 unspecified atom stereocenters. The highest BCUT2D eigenvalue weighted by Crippen LogP contribution is 2.36. The van der Waals surface area contributed by atoms with Gasteiger partial charge in [0.1, 0.15) is 5.75 Å². The van der Waals surface area contributed by atoms with E-state index in [4.69, 9.17) is 0 Å². The molecule has 1 aromatic carbocycles. The van der Waals surface area contributed by atoms with Crippen LogP contribution in [-0.2, 0) is 11.8 Å². The smallest absolute Gasteiger partial charge is 0.122 e. The van der Waals surface area contributed by atoms with Gasteiger partial charge in [-0.05, 0) is 47.9 Å². The van der Waals surface area contributed by atoms with Gasteiger partial charge in [-0.3, -0.25) is 4.99 Å². The number of nitrogens with zero attached hydrogens (tertiary/aromatic N) is 1. The van der Waals surface area contributed by atoms with Crippen LogP contribution >= 0.6 is 0 Å². The highest BCUT2D eigenvalue weighted by atomic mass is 16.3. The molecule has 1 heterocycles. The van der Waals surface area contributed by atoms with Gasteiger partial charge in [0.05, 0.1) is 12.4 Å². The van der Waals surface area contributed by atoms with Crippen LogP contribution in [0.5, 0.6) is 5.75 Å². The molecule has 20 heavy (non-hydrogen) atoms. The van der Waals surface area contributed by atoms with E-state index in [1.54, 1.807) is 0 Å². The van der Waals surface area contributed by atoms with E-state index in [1.165, 1.54) is 11.1 Å². The average Bonchev–Trinajstić information content (AvgIpc) is 2.85. The van der Waals surface area contributed by atoms with Crippen LogP contribution in [0.3, 0.4) is 0 Å². The van der Waals surface area contributed by atoms with Crippen molar-refractivity contribution in [1.82, 2.24) is 5.32 Å². The van der Waals surface area contributed by atoms with Gasteiger partial charge >= 0.3 is 0 Å². The molecular formula is C17H26N2O. The fourth-order valence-electron chi connectivity index (χ4n) is 2.83. The Balaban J connectivity index is 2.28. The molecule has 1 aromatic rings. The summed E-state index contributed by atoms with van der Waals surface area (Å²) >= 11 is 0. The fourth-order valence-corrected chi connectivity index (χ4v) is 2.83. The summed E-state index contributed by atoms with van der Waals surface area (Å²) in [5, 5.41) is 13.8. The zero-order valence-electron chi connectivity index (χ0n) is 13.3. The molecule has 1 aliphatic rings. The number of phenols is 1. The Kier molecular flexibility index (Phi) is 4.07. The lowest BCUT2D eigenvalue weighted by atomic mass is 9.82. The second-order valence-corrected chi connectivity index (χ2v) is 6.70. The van der Waals surface area contributed by atoms with Gasteiger partial charge in [-0.2, -0.15) is 0 Å². The number of aliphatic imine (C=N–C) groups is 1. The lowest BCUT2D eigenvalue weighted by Crippen LogP contribution is -2.19. The maximum Gasteiger partial charge on any atom is 0.122 e. The number of amidine groups is 1.